The molecule has 0 aromatic rings. The summed E-state index contributed by atoms with van der Waals surface area (Å²) in [7, 11) is 0. The number of hydrogen-bond acceptors (Lipinski definition) is 9. The number of fused-ring (bicyclic) bond motifs is 1. The summed E-state index contributed by atoms with van der Waals surface area (Å²) in [6, 6.07) is 0. The average Bonchev–Trinajstić information content (AvgIpc) is 3.49. The Bertz CT molecular complexity index is 934. The minimum atomic E-state index is -0.657. The molecule has 8 rings (SSSR count). The summed E-state index contributed by atoms with van der Waals surface area (Å²) >= 11 is 0. The van der Waals surface area contributed by atoms with Crippen LogP contribution < -0.4 is 0 Å². The summed E-state index contributed by atoms with van der Waals surface area (Å²) in [5.74, 6) is 0.162. The highest BCUT2D eigenvalue weighted by molar-refractivity contribution is 5.86. The molecule has 0 aromatic heterocycles. The quantitative estimate of drug-likeness (QED) is 0.266. The maximum absolute atomic E-state index is 13.7. The van der Waals surface area contributed by atoms with Crippen LogP contribution >= 0.6 is 0 Å². The first-order chi connectivity index (χ1) is 18.4. The molecule has 0 spiro atoms. The smallest absolute Gasteiger partial charge is 0.320 e. The van der Waals surface area contributed by atoms with Crippen molar-refractivity contribution in [3.8, 4) is 0 Å². The van der Waals surface area contributed by atoms with Gasteiger partial charge < -0.3 is 23.7 Å². The van der Waals surface area contributed by atoms with Crippen molar-refractivity contribution >= 4 is 17.9 Å². The number of esters is 3. The third kappa shape index (κ3) is 4.27. The third-order valence-corrected chi connectivity index (χ3v) is 10.8. The van der Waals surface area contributed by atoms with Gasteiger partial charge in [0, 0.05) is 30.8 Å². The molecule has 7 unspecified atom stereocenters. The van der Waals surface area contributed by atoms with E-state index in [1.807, 2.05) is 18.7 Å². The van der Waals surface area contributed by atoms with E-state index in [9.17, 15) is 14.4 Å². The Hall–Kier alpha value is -1.71. The zero-order chi connectivity index (χ0) is 26.1. The second-order valence-electron chi connectivity index (χ2n) is 13.4. The maximum atomic E-state index is 13.7. The van der Waals surface area contributed by atoms with Crippen LogP contribution in [0, 0.1) is 53.3 Å². The summed E-state index contributed by atoms with van der Waals surface area (Å²) in [5.41, 5.74) is 0. The van der Waals surface area contributed by atoms with Gasteiger partial charge in [-0.15, -0.1) is 0 Å². The van der Waals surface area contributed by atoms with Gasteiger partial charge in [-0.05, 0) is 62.2 Å². The molecule has 6 bridgehead atoms. The first-order valence-electron chi connectivity index (χ1n) is 14.9. The van der Waals surface area contributed by atoms with Crippen LogP contribution in [-0.2, 0) is 38.1 Å². The molecule has 9 heteroatoms. The van der Waals surface area contributed by atoms with Crippen LogP contribution in [-0.4, -0.2) is 80.3 Å². The van der Waals surface area contributed by atoms with Gasteiger partial charge in [-0.3, -0.25) is 19.3 Å². The molecule has 7 atom stereocenters. The molecule has 2 heterocycles. The summed E-state index contributed by atoms with van der Waals surface area (Å²) in [4.78, 5) is 41.4. The molecule has 2 saturated heterocycles. The Morgan fingerprint density at radius 1 is 0.947 bits per heavy atom. The van der Waals surface area contributed by atoms with Gasteiger partial charge in [-0.1, -0.05) is 13.8 Å². The fourth-order valence-corrected chi connectivity index (χ4v) is 9.37. The second kappa shape index (κ2) is 9.73. The van der Waals surface area contributed by atoms with Crippen molar-refractivity contribution in [1.29, 1.82) is 0 Å². The lowest BCUT2D eigenvalue weighted by atomic mass is 9.55. The van der Waals surface area contributed by atoms with Gasteiger partial charge in [-0.25, -0.2) is 0 Å². The summed E-state index contributed by atoms with van der Waals surface area (Å²) in [6.45, 7) is 6.77. The third-order valence-electron chi connectivity index (χ3n) is 10.8. The van der Waals surface area contributed by atoms with E-state index in [4.69, 9.17) is 23.7 Å². The fourth-order valence-electron chi connectivity index (χ4n) is 9.37. The van der Waals surface area contributed by atoms with Crippen LogP contribution in [0.5, 0.6) is 0 Å². The van der Waals surface area contributed by atoms with E-state index in [0.717, 1.165) is 11.8 Å². The van der Waals surface area contributed by atoms with Gasteiger partial charge >= 0.3 is 17.9 Å². The van der Waals surface area contributed by atoms with Crippen LogP contribution in [0.2, 0.25) is 0 Å². The molecule has 8 fully saturated rings. The van der Waals surface area contributed by atoms with Gasteiger partial charge in [0.05, 0.1) is 37.7 Å². The van der Waals surface area contributed by atoms with Crippen LogP contribution in [0.25, 0.3) is 0 Å². The topological polar surface area (TPSA) is 101 Å². The first kappa shape index (κ1) is 25.3. The monoisotopic (exact) mass is 531 g/mol. The standard InChI is InChI=1S/C29H41NO8/c1-14(2)29(37-24-17-8-15-7-16(10-17)11-18(24)9-15)38-28(33)23-19-12-20-22(23)27(32)36-26(20)25(19)35-21(31)13-30-3-5-34-6-4-30/h14-20,22-26,29H,3-13H2,1-2H3. The lowest BCUT2D eigenvalue weighted by Crippen LogP contribution is -2.51. The highest BCUT2D eigenvalue weighted by atomic mass is 16.7. The molecule has 8 aliphatic rings. The number of carbonyl (C=O) groups excluding carboxylic acids is 3. The SMILES string of the molecule is CC(C)C(OC(=O)C1C2CC3C(OC(=O)C31)C2OC(=O)CN1CCOCC1)OC1C2CC3CC(C2)CC1C3. The summed E-state index contributed by atoms with van der Waals surface area (Å²) in [5, 5.41) is 0. The van der Waals surface area contributed by atoms with E-state index in [1.165, 1.54) is 32.1 Å². The summed E-state index contributed by atoms with van der Waals surface area (Å²) in [6.07, 6.45) is 5.40. The minimum absolute atomic E-state index is 0.000142. The maximum Gasteiger partial charge on any atom is 0.320 e. The second-order valence-corrected chi connectivity index (χ2v) is 13.4. The van der Waals surface area contributed by atoms with Crippen molar-refractivity contribution in [2.24, 2.45) is 53.3 Å². The number of carbonyl (C=O) groups is 3. The molecule has 38 heavy (non-hydrogen) atoms. The zero-order valence-electron chi connectivity index (χ0n) is 22.5. The molecule has 6 saturated carbocycles. The summed E-state index contributed by atoms with van der Waals surface area (Å²) < 4.78 is 29.7. The van der Waals surface area contributed by atoms with Crippen LogP contribution in [0.4, 0.5) is 0 Å². The fraction of sp³-hybridized carbons (Fsp3) is 0.897. The van der Waals surface area contributed by atoms with E-state index >= 15 is 0 Å². The molecule has 210 valence electrons. The van der Waals surface area contributed by atoms with Crippen molar-refractivity contribution < 1.29 is 38.1 Å². The first-order valence-corrected chi connectivity index (χ1v) is 14.9. The van der Waals surface area contributed by atoms with E-state index in [1.54, 1.807) is 0 Å². The van der Waals surface area contributed by atoms with Crippen molar-refractivity contribution in [2.75, 3.05) is 32.8 Å². The Labute approximate surface area is 224 Å². The molecule has 0 amide bonds. The number of nitrogens with zero attached hydrogens (tertiary/aromatic N) is 1. The van der Waals surface area contributed by atoms with Gasteiger partial charge in [0.1, 0.15) is 12.2 Å². The molecule has 2 aliphatic heterocycles. The lowest BCUT2D eigenvalue weighted by Gasteiger charge is -2.54. The molecule has 0 N–H and O–H groups in total. The van der Waals surface area contributed by atoms with Gasteiger partial charge in [-0.2, -0.15) is 0 Å². The van der Waals surface area contributed by atoms with E-state index in [0.29, 0.717) is 44.6 Å². The van der Waals surface area contributed by atoms with Gasteiger partial charge in [0.15, 0.2) is 0 Å². The molecule has 6 aliphatic carbocycles. The predicted octanol–water partition coefficient (Wildman–Crippen LogP) is 2.40. The number of rotatable bonds is 8. The van der Waals surface area contributed by atoms with Gasteiger partial charge in [0.2, 0.25) is 6.29 Å². The Balaban J connectivity index is 1.03. The predicted molar refractivity (Wildman–Crippen MR) is 132 cm³/mol. The molecular weight excluding hydrogens is 490 g/mol. The highest BCUT2D eigenvalue weighted by Crippen LogP contribution is 2.59. The zero-order valence-corrected chi connectivity index (χ0v) is 22.5. The van der Waals surface area contributed by atoms with Crippen molar-refractivity contribution in [1.82, 2.24) is 4.90 Å². The molecular formula is C29H41NO8. The van der Waals surface area contributed by atoms with Gasteiger partial charge in [0.25, 0.3) is 0 Å². The number of morpholine rings is 1. The number of ether oxygens (including phenoxy) is 5. The Kier molecular flexibility index (Phi) is 6.47. The molecule has 9 nitrogen and oxygen atoms in total. The van der Waals surface area contributed by atoms with Crippen molar-refractivity contribution in [3.63, 3.8) is 0 Å². The lowest BCUT2D eigenvalue weighted by molar-refractivity contribution is -0.241. The average molecular weight is 532 g/mol. The Morgan fingerprint density at radius 3 is 2.29 bits per heavy atom. The van der Waals surface area contributed by atoms with Crippen molar-refractivity contribution in [3.05, 3.63) is 0 Å². The van der Waals surface area contributed by atoms with E-state index in [-0.39, 0.29) is 42.3 Å². The van der Waals surface area contributed by atoms with Crippen LogP contribution in [0.1, 0.15) is 52.4 Å². The van der Waals surface area contributed by atoms with Crippen LogP contribution in [0.15, 0.2) is 0 Å². The highest BCUT2D eigenvalue weighted by Gasteiger charge is 2.70. The van der Waals surface area contributed by atoms with E-state index in [2.05, 4.69) is 0 Å². The van der Waals surface area contributed by atoms with Crippen LogP contribution in [0.3, 0.4) is 0 Å². The number of hydrogen-bond donors (Lipinski definition) is 0. The molecule has 0 aromatic carbocycles. The molecule has 0 radical (unpaired) electrons. The normalized spacial score (nSPS) is 45.4. The van der Waals surface area contributed by atoms with E-state index < -0.39 is 36.3 Å². The largest absolute Gasteiger partial charge is 0.458 e. The minimum Gasteiger partial charge on any atom is -0.458 e. The van der Waals surface area contributed by atoms with Crippen molar-refractivity contribution in [2.45, 2.75) is 77.0 Å². The Morgan fingerprint density at radius 2 is 1.63 bits per heavy atom.